The molecule has 14 heavy (non-hydrogen) atoms. The van der Waals surface area contributed by atoms with E-state index >= 15 is 0 Å². The number of thiophene rings is 1. The number of aromatic nitrogens is 1. The zero-order valence-electron chi connectivity index (χ0n) is 7.60. The molecule has 0 atom stereocenters. The highest BCUT2D eigenvalue weighted by atomic mass is 32.1. The Bertz CT molecular complexity index is 464. The Balaban J connectivity index is 2.39. The van der Waals surface area contributed by atoms with Crippen molar-refractivity contribution < 1.29 is 0 Å². The predicted octanol–water partition coefficient (Wildman–Crippen LogP) is 3.61. The van der Waals surface area contributed by atoms with E-state index in [1.54, 1.807) is 17.5 Å². The molecule has 68 valence electrons. The van der Waals surface area contributed by atoms with Crippen LogP contribution in [0.4, 0.5) is 0 Å². The zero-order valence-corrected chi connectivity index (χ0v) is 8.42. The molecule has 2 aromatic heterocycles. The quantitative estimate of drug-likeness (QED) is 0.673. The molecule has 2 heterocycles. The second kappa shape index (κ2) is 4.05. The monoisotopic (exact) mass is 199 g/mol. The van der Waals surface area contributed by atoms with Gasteiger partial charge in [0.15, 0.2) is 0 Å². The normalized spacial score (nSPS) is 9.43. The van der Waals surface area contributed by atoms with Crippen LogP contribution in [0.5, 0.6) is 0 Å². The first-order chi connectivity index (χ1) is 6.90. The summed E-state index contributed by atoms with van der Waals surface area (Å²) in [6, 6.07) is 6.10. The second-order valence-corrected chi connectivity index (χ2v) is 3.77. The van der Waals surface area contributed by atoms with Crippen molar-refractivity contribution in [3.63, 3.8) is 0 Å². The third kappa shape index (κ3) is 1.82. The van der Waals surface area contributed by atoms with Gasteiger partial charge in [-0.2, -0.15) is 0 Å². The molecule has 1 nitrogen and oxygen atoms in total. The molecule has 0 radical (unpaired) electrons. The van der Waals surface area contributed by atoms with Crippen LogP contribution in [0.2, 0.25) is 0 Å². The van der Waals surface area contributed by atoms with Crippen molar-refractivity contribution >= 4 is 17.4 Å². The van der Waals surface area contributed by atoms with Crippen molar-refractivity contribution in [2.24, 2.45) is 0 Å². The SMILES string of the molecule is C=C=Cc1cc(-c2cccnc2)cs1. The molecule has 0 saturated heterocycles. The second-order valence-electron chi connectivity index (χ2n) is 2.83. The summed E-state index contributed by atoms with van der Waals surface area (Å²) in [5, 5.41) is 2.11. The average Bonchev–Trinajstić information content (AvgIpc) is 2.68. The van der Waals surface area contributed by atoms with Gasteiger partial charge in [-0.05, 0) is 29.2 Å². The Morgan fingerprint density at radius 1 is 1.43 bits per heavy atom. The minimum atomic E-state index is 1.15. The van der Waals surface area contributed by atoms with Crippen LogP contribution in [0.15, 0.2) is 48.3 Å². The summed E-state index contributed by atoms with van der Waals surface area (Å²) in [7, 11) is 0. The minimum absolute atomic E-state index is 1.15. The molecule has 0 fully saturated rings. The largest absolute Gasteiger partial charge is 0.264 e. The van der Waals surface area contributed by atoms with Crippen molar-refractivity contribution in [2.75, 3.05) is 0 Å². The van der Waals surface area contributed by atoms with E-state index in [-0.39, 0.29) is 0 Å². The maximum atomic E-state index is 4.08. The lowest BCUT2D eigenvalue weighted by Crippen LogP contribution is -1.73. The summed E-state index contributed by atoms with van der Waals surface area (Å²) >= 11 is 1.68. The number of nitrogens with zero attached hydrogens (tertiary/aromatic N) is 1. The predicted molar refractivity (Wildman–Crippen MR) is 61.2 cm³/mol. The van der Waals surface area contributed by atoms with Crippen molar-refractivity contribution in [3.8, 4) is 11.1 Å². The van der Waals surface area contributed by atoms with Gasteiger partial charge in [0.05, 0.1) is 0 Å². The highest BCUT2D eigenvalue weighted by Gasteiger charge is 1.99. The van der Waals surface area contributed by atoms with Gasteiger partial charge in [0.1, 0.15) is 0 Å². The topological polar surface area (TPSA) is 12.9 Å². The fourth-order valence-corrected chi connectivity index (χ4v) is 2.03. The average molecular weight is 199 g/mol. The Morgan fingerprint density at radius 3 is 3.07 bits per heavy atom. The van der Waals surface area contributed by atoms with Gasteiger partial charge in [0.2, 0.25) is 0 Å². The summed E-state index contributed by atoms with van der Waals surface area (Å²) in [4.78, 5) is 5.25. The Labute approximate surface area is 87.1 Å². The highest BCUT2D eigenvalue weighted by Crippen LogP contribution is 2.25. The number of pyridine rings is 1. The van der Waals surface area contributed by atoms with Crippen LogP contribution in [-0.4, -0.2) is 4.98 Å². The molecule has 0 saturated carbocycles. The molecular weight excluding hydrogens is 190 g/mol. The first-order valence-electron chi connectivity index (χ1n) is 4.25. The van der Waals surface area contributed by atoms with E-state index in [0.29, 0.717) is 0 Å². The van der Waals surface area contributed by atoms with E-state index in [4.69, 9.17) is 0 Å². The highest BCUT2D eigenvalue weighted by molar-refractivity contribution is 7.11. The molecule has 0 aromatic carbocycles. The summed E-state index contributed by atoms with van der Waals surface area (Å²) < 4.78 is 0. The number of hydrogen-bond donors (Lipinski definition) is 0. The molecule has 0 aliphatic carbocycles. The fraction of sp³-hybridized carbons (Fsp3) is 0. The van der Waals surface area contributed by atoms with E-state index in [2.05, 4.69) is 34.8 Å². The summed E-state index contributed by atoms with van der Waals surface area (Å²) in [6.07, 6.45) is 5.52. The molecule has 2 rings (SSSR count). The first kappa shape index (κ1) is 8.95. The van der Waals surface area contributed by atoms with Gasteiger partial charge in [0, 0.05) is 22.8 Å². The van der Waals surface area contributed by atoms with Gasteiger partial charge in [-0.15, -0.1) is 17.1 Å². The Hall–Kier alpha value is -1.63. The molecule has 2 aromatic rings. The van der Waals surface area contributed by atoms with Gasteiger partial charge in [-0.3, -0.25) is 4.98 Å². The Morgan fingerprint density at radius 2 is 2.36 bits per heavy atom. The van der Waals surface area contributed by atoms with Gasteiger partial charge in [0.25, 0.3) is 0 Å². The minimum Gasteiger partial charge on any atom is -0.264 e. The fourth-order valence-electron chi connectivity index (χ4n) is 1.21. The summed E-state index contributed by atoms with van der Waals surface area (Å²) in [5.74, 6) is 0. The standard InChI is InChI=1S/C12H9NS/c1-2-4-12-7-11(9-14-12)10-5-3-6-13-8-10/h3-9H,1H2. The van der Waals surface area contributed by atoms with Gasteiger partial charge >= 0.3 is 0 Å². The van der Waals surface area contributed by atoms with Crippen molar-refractivity contribution in [2.45, 2.75) is 0 Å². The van der Waals surface area contributed by atoms with Crippen LogP contribution >= 0.6 is 11.3 Å². The molecule has 0 amide bonds. The van der Waals surface area contributed by atoms with Crippen LogP contribution in [-0.2, 0) is 0 Å². The smallest absolute Gasteiger partial charge is 0.0353 e. The summed E-state index contributed by atoms with van der Waals surface area (Å²) in [5.41, 5.74) is 5.11. The molecule has 0 aliphatic rings. The Kier molecular flexibility index (Phi) is 2.59. The molecule has 0 unspecified atom stereocenters. The molecule has 0 spiro atoms. The molecule has 2 heteroatoms. The van der Waals surface area contributed by atoms with Gasteiger partial charge < -0.3 is 0 Å². The van der Waals surface area contributed by atoms with Gasteiger partial charge in [-0.25, -0.2) is 0 Å². The third-order valence-corrected chi connectivity index (χ3v) is 2.74. The van der Waals surface area contributed by atoms with E-state index in [0.717, 1.165) is 5.56 Å². The van der Waals surface area contributed by atoms with Crippen molar-refractivity contribution in [3.05, 3.63) is 53.2 Å². The molecular formula is C12H9NS. The molecule has 0 N–H and O–H groups in total. The van der Waals surface area contributed by atoms with Crippen molar-refractivity contribution in [1.29, 1.82) is 0 Å². The van der Waals surface area contributed by atoms with E-state index in [1.807, 2.05) is 18.3 Å². The number of hydrogen-bond acceptors (Lipinski definition) is 2. The first-order valence-corrected chi connectivity index (χ1v) is 5.13. The lowest BCUT2D eigenvalue weighted by Gasteiger charge is -1.93. The third-order valence-electron chi connectivity index (χ3n) is 1.86. The maximum Gasteiger partial charge on any atom is 0.0353 e. The van der Waals surface area contributed by atoms with Crippen LogP contribution in [0.25, 0.3) is 17.2 Å². The van der Waals surface area contributed by atoms with Crippen LogP contribution in [0.3, 0.4) is 0 Å². The van der Waals surface area contributed by atoms with Crippen LogP contribution in [0.1, 0.15) is 4.88 Å². The molecule has 0 aliphatic heterocycles. The summed E-state index contributed by atoms with van der Waals surface area (Å²) in [6.45, 7) is 3.55. The zero-order chi connectivity index (χ0) is 9.80. The van der Waals surface area contributed by atoms with E-state index in [9.17, 15) is 0 Å². The van der Waals surface area contributed by atoms with E-state index in [1.165, 1.54) is 10.4 Å². The van der Waals surface area contributed by atoms with Crippen LogP contribution < -0.4 is 0 Å². The van der Waals surface area contributed by atoms with E-state index < -0.39 is 0 Å². The lowest BCUT2D eigenvalue weighted by molar-refractivity contribution is 1.33. The van der Waals surface area contributed by atoms with Crippen LogP contribution in [0, 0.1) is 0 Å². The van der Waals surface area contributed by atoms with Crippen molar-refractivity contribution in [1.82, 2.24) is 4.98 Å². The lowest BCUT2D eigenvalue weighted by atomic mass is 10.1. The maximum absolute atomic E-state index is 4.08. The van der Waals surface area contributed by atoms with Gasteiger partial charge in [-0.1, -0.05) is 12.6 Å². The number of rotatable bonds is 2. The molecule has 0 bridgehead atoms.